The molecule has 2 rings (SSSR count). The summed E-state index contributed by atoms with van der Waals surface area (Å²) in [6.45, 7) is 2.17. The zero-order valence-corrected chi connectivity index (χ0v) is 8.97. The van der Waals surface area contributed by atoms with E-state index in [1.54, 1.807) is 11.8 Å². The number of hydrogen-bond donors (Lipinski definition) is 1. The zero-order chi connectivity index (χ0) is 9.97. The van der Waals surface area contributed by atoms with E-state index in [2.05, 4.69) is 15.0 Å². The van der Waals surface area contributed by atoms with Crippen LogP contribution in [0.4, 0.5) is 0 Å². The van der Waals surface area contributed by atoms with Gasteiger partial charge in [0, 0.05) is 12.2 Å². The first-order valence-electron chi connectivity index (χ1n) is 4.77. The predicted octanol–water partition coefficient (Wildman–Crippen LogP) is 0.283. The van der Waals surface area contributed by atoms with E-state index in [0.29, 0.717) is 0 Å². The fraction of sp³-hybridized carbons (Fsp3) is 0.778. The molecule has 1 N–H and O–H groups in total. The summed E-state index contributed by atoms with van der Waals surface area (Å²) in [5.41, 5.74) is 0. The molecule has 0 radical (unpaired) electrons. The van der Waals surface area contributed by atoms with Crippen LogP contribution in [0.3, 0.4) is 0 Å². The predicted molar refractivity (Wildman–Crippen MR) is 56.7 cm³/mol. The molecule has 0 spiro atoms. The Bertz CT molecular complexity index is 264. The van der Waals surface area contributed by atoms with Gasteiger partial charge in [-0.05, 0) is 19.0 Å². The highest BCUT2D eigenvalue weighted by Gasteiger charge is 2.28. The van der Waals surface area contributed by atoms with Crippen molar-refractivity contribution in [1.29, 1.82) is 0 Å². The van der Waals surface area contributed by atoms with Crippen molar-refractivity contribution in [3.8, 4) is 0 Å². The van der Waals surface area contributed by atoms with E-state index in [-0.39, 0.29) is 12.0 Å². The average molecular weight is 214 g/mol. The molecule has 1 fully saturated rings. The van der Waals surface area contributed by atoms with Gasteiger partial charge in [-0.2, -0.15) is 0 Å². The van der Waals surface area contributed by atoms with E-state index in [1.807, 2.05) is 0 Å². The van der Waals surface area contributed by atoms with Gasteiger partial charge in [-0.15, -0.1) is 11.8 Å². The minimum atomic E-state index is -0.256. The van der Waals surface area contributed by atoms with Crippen LogP contribution in [0.1, 0.15) is 6.42 Å². The normalized spacial score (nSPS) is 26.9. The van der Waals surface area contributed by atoms with E-state index < -0.39 is 0 Å². The molecule has 2 heterocycles. The molecule has 14 heavy (non-hydrogen) atoms. The summed E-state index contributed by atoms with van der Waals surface area (Å²) in [6, 6.07) is -0.256. The van der Waals surface area contributed by atoms with Crippen molar-refractivity contribution in [2.75, 3.05) is 26.0 Å². The Hall–Kier alpha value is -0.550. The summed E-state index contributed by atoms with van der Waals surface area (Å²) >= 11 is 1.69. The SMILES string of the molecule is COC(=O)C1CSC(CC2CNC2)=N1. The second kappa shape index (κ2) is 4.31. The third kappa shape index (κ3) is 2.09. The lowest BCUT2D eigenvalue weighted by atomic mass is 10.0. The summed E-state index contributed by atoms with van der Waals surface area (Å²) in [6.07, 6.45) is 1.02. The van der Waals surface area contributed by atoms with Gasteiger partial charge in [0.05, 0.1) is 12.2 Å². The van der Waals surface area contributed by atoms with E-state index in [9.17, 15) is 4.79 Å². The lowest BCUT2D eigenvalue weighted by Gasteiger charge is -2.26. The largest absolute Gasteiger partial charge is 0.467 e. The maximum Gasteiger partial charge on any atom is 0.331 e. The molecule has 0 amide bonds. The fourth-order valence-electron chi connectivity index (χ4n) is 1.53. The van der Waals surface area contributed by atoms with Crippen LogP contribution >= 0.6 is 11.8 Å². The van der Waals surface area contributed by atoms with E-state index >= 15 is 0 Å². The van der Waals surface area contributed by atoms with Gasteiger partial charge in [-0.3, -0.25) is 4.99 Å². The van der Waals surface area contributed by atoms with Crippen LogP contribution in [-0.2, 0) is 9.53 Å². The molecule has 5 heteroatoms. The highest BCUT2D eigenvalue weighted by atomic mass is 32.2. The molecule has 4 nitrogen and oxygen atoms in total. The van der Waals surface area contributed by atoms with Crippen molar-refractivity contribution in [3.05, 3.63) is 0 Å². The molecule has 2 aliphatic rings. The number of thioether (sulfide) groups is 1. The summed E-state index contributed by atoms with van der Waals surface area (Å²) < 4.78 is 4.66. The minimum absolute atomic E-state index is 0.209. The third-order valence-corrected chi connectivity index (χ3v) is 3.60. The number of ether oxygens (including phenoxy) is 1. The van der Waals surface area contributed by atoms with Gasteiger partial charge in [0.2, 0.25) is 0 Å². The van der Waals surface area contributed by atoms with Gasteiger partial charge in [0.1, 0.15) is 0 Å². The lowest BCUT2D eigenvalue weighted by molar-refractivity contribution is -0.141. The highest BCUT2D eigenvalue weighted by molar-refractivity contribution is 8.14. The summed E-state index contributed by atoms with van der Waals surface area (Å²) in [4.78, 5) is 15.5. The molecule has 0 bridgehead atoms. The van der Waals surface area contributed by atoms with Gasteiger partial charge in [-0.1, -0.05) is 0 Å². The fourth-order valence-corrected chi connectivity index (χ4v) is 2.65. The Balaban J connectivity index is 1.85. The van der Waals surface area contributed by atoms with Gasteiger partial charge in [-0.25, -0.2) is 4.79 Å². The summed E-state index contributed by atoms with van der Waals surface area (Å²) in [7, 11) is 1.41. The molecule has 0 saturated carbocycles. The molecular formula is C9H14N2O2S. The number of carbonyl (C=O) groups is 1. The standard InChI is InChI=1S/C9H14N2O2S/c1-13-9(12)7-5-14-8(11-7)2-6-3-10-4-6/h6-7,10H,2-5H2,1H3. The lowest BCUT2D eigenvalue weighted by Crippen LogP contribution is -2.42. The molecule has 1 atom stereocenters. The van der Waals surface area contributed by atoms with Gasteiger partial charge in [0.25, 0.3) is 0 Å². The summed E-state index contributed by atoms with van der Waals surface area (Å²) in [5.74, 6) is 1.26. The quantitative estimate of drug-likeness (QED) is 0.686. The topological polar surface area (TPSA) is 50.7 Å². The molecule has 0 aromatic carbocycles. The first-order valence-corrected chi connectivity index (χ1v) is 5.76. The number of nitrogens with zero attached hydrogens (tertiary/aromatic N) is 1. The van der Waals surface area contributed by atoms with Crippen molar-refractivity contribution in [2.24, 2.45) is 10.9 Å². The Morgan fingerprint density at radius 2 is 2.50 bits per heavy atom. The Morgan fingerprint density at radius 1 is 1.71 bits per heavy atom. The third-order valence-electron chi connectivity index (χ3n) is 2.51. The number of esters is 1. The van der Waals surface area contributed by atoms with Crippen LogP contribution in [0.15, 0.2) is 4.99 Å². The van der Waals surface area contributed by atoms with Crippen LogP contribution < -0.4 is 5.32 Å². The van der Waals surface area contributed by atoms with E-state index in [1.165, 1.54) is 7.11 Å². The number of aliphatic imine (C=N–C) groups is 1. The molecular weight excluding hydrogens is 200 g/mol. The first-order chi connectivity index (χ1) is 6.79. The van der Waals surface area contributed by atoms with Crippen molar-refractivity contribution in [1.82, 2.24) is 5.32 Å². The van der Waals surface area contributed by atoms with Crippen molar-refractivity contribution < 1.29 is 9.53 Å². The maximum atomic E-state index is 11.2. The molecule has 78 valence electrons. The number of methoxy groups -OCH3 is 1. The second-order valence-corrected chi connectivity index (χ2v) is 4.69. The first kappa shape index (κ1) is 9.98. The smallest absolute Gasteiger partial charge is 0.331 e. The second-order valence-electron chi connectivity index (χ2n) is 3.60. The number of carbonyl (C=O) groups excluding carboxylic acids is 1. The summed E-state index contributed by atoms with van der Waals surface area (Å²) in [5, 5.41) is 4.34. The van der Waals surface area contributed by atoms with Gasteiger partial charge >= 0.3 is 5.97 Å². The van der Waals surface area contributed by atoms with Crippen LogP contribution in [0, 0.1) is 5.92 Å². The molecule has 0 aliphatic carbocycles. The zero-order valence-electron chi connectivity index (χ0n) is 8.16. The number of nitrogens with one attached hydrogen (secondary N) is 1. The van der Waals surface area contributed by atoms with Crippen LogP contribution in [-0.4, -0.2) is 43.0 Å². The molecule has 0 aromatic heterocycles. The van der Waals surface area contributed by atoms with Crippen LogP contribution in [0.5, 0.6) is 0 Å². The van der Waals surface area contributed by atoms with Crippen LogP contribution in [0.25, 0.3) is 0 Å². The average Bonchev–Trinajstić information content (AvgIpc) is 2.58. The Morgan fingerprint density at radius 3 is 3.07 bits per heavy atom. The van der Waals surface area contributed by atoms with Crippen molar-refractivity contribution in [2.45, 2.75) is 12.5 Å². The molecule has 1 unspecified atom stereocenters. The number of rotatable bonds is 3. The van der Waals surface area contributed by atoms with Crippen molar-refractivity contribution in [3.63, 3.8) is 0 Å². The van der Waals surface area contributed by atoms with E-state index in [0.717, 1.165) is 36.2 Å². The minimum Gasteiger partial charge on any atom is -0.467 e. The van der Waals surface area contributed by atoms with Crippen LogP contribution in [0.2, 0.25) is 0 Å². The highest BCUT2D eigenvalue weighted by Crippen LogP contribution is 2.24. The number of hydrogen-bond acceptors (Lipinski definition) is 5. The Kier molecular flexibility index (Phi) is 3.08. The van der Waals surface area contributed by atoms with Crippen molar-refractivity contribution >= 4 is 22.8 Å². The van der Waals surface area contributed by atoms with Gasteiger partial charge in [0.15, 0.2) is 6.04 Å². The maximum absolute atomic E-state index is 11.2. The molecule has 0 aromatic rings. The molecule has 1 saturated heterocycles. The van der Waals surface area contributed by atoms with E-state index in [4.69, 9.17) is 0 Å². The monoisotopic (exact) mass is 214 g/mol. The molecule has 2 aliphatic heterocycles. The Labute approximate surface area is 87.5 Å². The van der Waals surface area contributed by atoms with Gasteiger partial charge < -0.3 is 10.1 Å².